The van der Waals surface area contributed by atoms with Crippen LogP contribution in [0.1, 0.15) is 35.0 Å². The molecule has 0 spiro atoms. The van der Waals surface area contributed by atoms with Crippen molar-refractivity contribution >= 4 is 5.97 Å². The van der Waals surface area contributed by atoms with Crippen molar-refractivity contribution in [3.63, 3.8) is 0 Å². The summed E-state index contributed by atoms with van der Waals surface area (Å²) in [5.41, 5.74) is 9.89. The maximum absolute atomic E-state index is 12.4. The van der Waals surface area contributed by atoms with E-state index in [-0.39, 0.29) is 11.7 Å². The van der Waals surface area contributed by atoms with Crippen LogP contribution in [-0.4, -0.2) is 34.0 Å². The maximum Gasteiger partial charge on any atom is 0.356 e. The van der Waals surface area contributed by atoms with Gasteiger partial charge in [-0.1, -0.05) is 0 Å². The van der Waals surface area contributed by atoms with E-state index in [9.17, 15) is 9.90 Å². The molecule has 0 fully saturated rings. The van der Waals surface area contributed by atoms with Gasteiger partial charge in [0, 0.05) is 17.7 Å². The Balaban J connectivity index is 2.10. The number of benzene rings is 1. The van der Waals surface area contributed by atoms with Crippen LogP contribution in [0.2, 0.25) is 0 Å². The summed E-state index contributed by atoms with van der Waals surface area (Å²) in [6, 6.07) is 5.27. The van der Waals surface area contributed by atoms with E-state index in [0.29, 0.717) is 31.8 Å². The van der Waals surface area contributed by atoms with Crippen molar-refractivity contribution in [2.24, 2.45) is 5.73 Å². The topological polar surface area (TPSA) is 90.4 Å². The van der Waals surface area contributed by atoms with Gasteiger partial charge >= 0.3 is 5.97 Å². The quantitative estimate of drug-likeness (QED) is 0.822. The first-order chi connectivity index (χ1) is 11.2. The third-order valence-electron chi connectivity index (χ3n) is 4.08. The fraction of sp³-hybridized carbons (Fsp3) is 0.412. The Hall–Kier alpha value is -2.34. The number of carbonyl (C=O) groups is 1. The van der Waals surface area contributed by atoms with Gasteiger partial charge in [0.15, 0.2) is 0 Å². The number of rotatable bonds is 5. The molecule has 2 aromatic rings. The minimum Gasteiger partial charge on any atom is -0.508 e. The van der Waals surface area contributed by atoms with Gasteiger partial charge in [-0.15, -0.1) is 0 Å². The fourth-order valence-electron chi connectivity index (χ4n) is 3.06. The number of nitrogens with two attached hydrogens (primary N) is 1. The first kappa shape index (κ1) is 15.6. The molecule has 1 aliphatic rings. The molecule has 1 heterocycles. The normalized spacial score (nSPS) is 12.6. The average Bonchev–Trinajstić information content (AvgIpc) is 2.91. The summed E-state index contributed by atoms with van der Waals surface area (Å²) in [5, 5.41) is 14.3. The predicted molar refractivity (Wildman–Crippen MR) is 86.4 cm³/mol. The van der Waals surface area contributed by atoms with Gasteiger partial charge in [-0.2, -0.15) is 5.10 Å². The first-order valence-electron chi connectivity index (χ1n) is 7.94. The summed E-state index contributed by atoms with van der Waals surface area (Å²) in [4.78, 5) is 12.4. The smallest absolute Gasteiger partial charge is 0.356 e. The highest BCUT2D eigenvalue weighted by molar-refractivity contribution is 5.92. The van der Waals surface area contributed by atoms with Gasteiger partial charge in [-0.05, 0) is 56.5 Å². The van der Waals surface area contributed by atoms with E-state index in [4.69, 9.17) is 10.5 Å². The van der Waals surface area contributed by atoms with E-state index >= 15 is 0 Å². The third-order valence-corrected chi connectivity index (χ3v) is 4.08. The summed E-state index contributed by atoms with van der Waals surface area (Å²) in [5.74, 6) is -0.0825. The highest BCUT2D eigenvalue weighted by atomic mass is 16.5. The van der Waals surface area contributed by atoms with Crippen LogP contribution in [0.5, 0.6) is 5.75 Å². The van der Waals surface area contributed by atoms with Gasteiger partial charge < -0.3 is 15.6 Å². The minimum absolute atomic E-state index is 0.250. The molecule has 0 saturated carbocycles. The number of esters is 1. The minimum atomic E-state index is -0.333. The second-order valence-corrected chi connectivity index (χ2v) is 5.60. The summed E-state index contributed by atoms with van der Waals surface area (Å²) in [6.45, 7) is 3.26. The standard InChI is InChI=1S/C17H21N3O3/c1-2-23-17(22)16-14-6-4-11-10-12(21)5-7-13(11)15(14)19-20(16)9-3-8-18/h5,7,10,21H,2-4,6,8-9,18H2,1H3. The molecule has 0 radical (unpaired) electrons. The van der Waals surface area contributed by atoms with Crippen LogP contribution in [0.25, 0.3) is 11.3 Å². The second-order valence-electron chi connectivity index (χ2n) is 5.60. The van der Waals surface area contributed by atoms with Crippen molar-refractivity contribution in [1.82, 2.24) is 9.78 Å². The molecular weight excluding hydrogens is 294 g/mol. The molecule has 3 rings (SSSR count). The zero-order chi connectivity index (χ0) is 16.4. The number of aromatic nitrogens is 2. The lowest BCUT2D eigenvalue weighted by molar-refractivity contribution is 0.0510. The Bertz CT molecular complexity index is 737. The Kier molecular flexibility index (Phi) is 4.34. The van der Waals surface area contributed by atoms with Crippen LogP contribution in [0.3, 0.4) is 0 Å². The molecule has 1 aromatic heterocycles. The Labute approximate surface area is 134 Å². The van der Waals surface area contributed by atoms with Crippen LogP contribution < -0.4 is 5.73 Å². The van der Waals surface area contributed by atoms with Gasteiger partial charge in [0.2, 0.25) is 0 Å². The second kappa shape index (κ2) is 6.42. The molecule has 6 nitrogen and oxygen atoms in total. The number of aromatic hydroxyl groups is 1. The zero-order valence-electron chi connectivity index (χ0n) is 13.2. The monoisotopic (exact) mass is 315 g/mol. The van der Waals surface area contributed by atoms with Crippen LogP contribution in [-0.2, 0) is 24.1 Å². The zero-order valence-corrected chi connectivity index (χ0v) is 13.2. The highest BCUT2D eigenvalue weighted by Crippen LogP contribution is 2.36. The Morgan fingerprint density at radius 2 is 2.26 bits per heavy atom. The molecular formula is C17H21N3O3. The van der Waals surface area contributed by atoms with E-state index in [1.54, 1.807) is 23.7 Å². The summed E-state index contributed by atoms with van der Waals surface area (Å²) in [7, 11) is 0. The van der Waals surface area contributed by atoms with Crippen molar-refractivity contribution < 1.29 is 14.6 Å². The van der Waals surface area contributed by atoms with Gasteiger partial charge in [0.1, 0.15) is 11.4 Å². The number of phenols is 1. The van der Waals surface area contributed by atoms with E-state index in [2.05, 4.69) is 5.10 Å². The van der Waals surface area contributed by atoms with E-state index in [1.807, 2.05) is 6.07 Å². The fourth-order valence-corrected chi connectivity index (χ4v) is 3.06. The number of aryl methyl sites for hydroxylation is 2. The molecule has 0 unspecified atom stereocenters. The molecule has 0 saturated heterocycles. The van der Waals surface area contributed by atoms with Gasteiger partial charge in [0.25, 0.3) is 0 Å². The van der Waals surface area contributed by atoms with Crippen molar-refractivity contribution in [1.29, 1.82) is 0 Å². The van der Waals surface area contributed by atoms with E-state index < -0.39 is 0 Å². The van der Waals surface area contributed by atoms with Crippen molar-refractivity contribution in [3.05, 3.63) is 35.0 Å². The number of carbonyl (C=O) groups excluding carboxylic acids is 1. The lowest BCUT2D eigenvalue weighted by Crippen LogP contribution is -2.17. The van der Waals surface area contributed by atoms with Crippen molar-refractivity contribution in [3.8, 4) is 17.0 Å². The van der Waals surface area contributed by atoms with Gasteiger partial charge in [0.05, 0.1) is 12.3 Å². The molecule has 23 heavy (non-hydrogen) atoms. The lowest BCUT2D eigenvalue weighted by Gasteiger charge is -2.16. The number of phenolic OH excluding ortho intramolecular Hbond substituents is 1. The highest BCUT2D eigenvalue weighted by Gasteiger charge is 2.29. The largest absolute Gasteiger partial charge is 0.508 e. The molecule has 0 aliphatic heterocycles. The number of fused-ring (bicyclic) bond motifs is 3. The lowest BCUT2D eigenvalue weighted by atomic mass is 9.89. The van der Waals surface area contributed by atoms with Crippen LogP contribution in [0.15, 0.2) is 18.2 Å². The Morgan fingerprint density at radius 3 is 3.00 bits per heavy atom. The van der Waals surface area contributed by atoms with Crippen molar-refractivity contribution in [2.75, 3.05) is 13.2 Å². The predicted octanol–water partition coefficient (Wildman–Crippen LogP) is 1.88. The van der Waals surface area contributed by atoms with Gasteiger partial charge in [-0.25, -0.2) is 4.79 Å². The summed E-state index contributed by atoms with van der Waals surface area (Å²) in [6.07, 6.45) is 2.23. The molecule has 1 aromatic carbocycles. The van der Waals surface area contributed by atoms with Crippen LogP contribution in [0, 0.1) is 0 Å². The molecule has 0 amide bonds. The third kappa shape index (κ3) is 2.82. The number of hydrogen-bond acceptors (Lipinski definition) is 5. The number of nitrogens with zero attached hydrogens (tertiary/aromatic N) is 2. The SMILES string of the molecule is CCOC(=O)c1c2c(nn1CCCN)-c1ccc(O)cc1CC2. The molecule has 1 aliphatic carbocycles. The van der Waals surface area contributed by atoms with E-state index in [0.717, 1.165) is 35.2 Å². The molecule has 0 bridgehead atoms. The molecule has 3 N–H and O–H groups in total. The Morgan fingerprint density at radius 1 is 1.43 bits per heavy atom. The summed E-state index contributed by atoms with van der Waals surface area (Å²) < 4.78 is 6.93. The van der Waals surface area contributed by atoms with Crippen molar-refractivity contribution in [2.45, 2.75) is 32.7 Å². The maximum atomic E-state index is 12.4. The number of ether oxygens (including phenoxy) is 1. The van der Waals surface area contributed by atoms with E-state index in [1.165, 1.54) is 0 Å². The van der Waals surface area contributed by atoms with Crippen LogP contribution >= 0.6 is 0 Å². The van der Waals surface area contributed by atoms with Crippen LogP contribution in [0.4, 0.5) is 0 Å². The first-order valence-corrected chi connectivity index (χ1v) is 7.94. The van der Waals surface area contributed by atoms with Gasteiger partial charge in [-0.3, -0.25) is 4.68 Å². The number of hydrogen-bond donors (Lipinski definition) is 2. The molecule has 0 atom stereocenters. The molecule has 122 valence electrons. The molecule has 6 heteroatoms. The average molecular weight is 315 g/mol. The summed E-state index contributed by atoms with van der Waals surface area (Å²) >= 11 is 0.